The van der Waals surface area contributed by atoms with E-state index >= 15 is 0 Å². The van der Waals surface area contributed by atoms with Gasteiger partial charge < -0.3 is 10.5 Å². The molecule has 2 nitrogen and oxygen atoms in total. The molecule has 0 aromatic heterocycles. The Labute approximate surface area is 129 Å². The first-order valence-electron chi connectivity index (χ1n) is 5.81. The van der Waals surface area contributed by atoms with E-state index in [9.17, 15) is 13.2 Å². The molecule has 0 radical (unpaired) electrons. The molecule has 2 rings (SSSR count). The van der Waals surface area contributed by atoms with Crippen LogP contribution in [-0.2, 0) is 12.8 Å². The fourth-order valence-electron chi connectivity index (χ4n) is 1.72. The molecule has 7 heteroatoms. The zero-order valence-electron chi connectivity index (χ0n) is 10.5. The second-order valence-electron chi connectivity index (χ2n) is 4.24. The summed E-state index contributed by atoms with van der Waals surface area (Å²) in [6.45, 7) is -0.175. The number of hydrogen-bond acceptors (Lipinski definition) is 2. The molecule has 2 aromatic rings. The van der Waals surface area contributed by atoms with Crippen molar-refractivity contribution in [3.63, 3.8) is 0 Å². The van der Waals surface area contributed by atoms with Crippen molar-refractivity contribution in [2.75, 3.05) is 5.73 Å². The van der Waals surface area contributed by atoms with Gasteiger partial charge in [-0.05, 0) is 30.3 Å². The van der Waals surface area contributed by atoms with Crippen molar-refractivity contribution in [3.05, 3.63) is 57.6 Å². The Morgan fingerprint density at radius 3 is 2.24 bits per heavy atom. The second-order valence-corrected chi connectivity index (χ2v) is 5.06. The van der Waals surface area contributed by atoms with Gasteiger partial charge in [0, 0.05) is 21.3 Å². The van der Waals surface area contributed by atoms with Crippen LogP contribution in [0.15, 0.2) is 36.4 Å². The molecule has 0 spiro atoms. The van der Waals surface area contributed by atoms with Gasteiger partial charge in [-0.3, -0.25) is 0 Å². The maximum Gasteiger partial charge on any atom is 0.420 e. The van der Waals surface area contributed by atoms with E-state index in [0.29, 0.717) is 15.6 Å². The van der Waals surface area contributed by atoms with Gasteiger partial charge in [-0.15, -0.1) is 0 Å². The molecule has 0 saturated carbocycles. The van der Waals surface area contributed by atoms with Crippen LogP contribution in [0.1, 0.15) is 11.1 Å². The van der Waals surface area contributed by atoms with Crippen LogP contribution in [0.3, 0.4) is 0 Å². The minimum Gasteiger partial charge on any atom is -0.488 e. The average molecular weight is 336 g/mol. The highest BCUT2D eigenvalue weighted by Gasteiger charge is 2.34. The zero-order chi connectivity index (χ0) is 15.6. The zero-order valence-corrected chi connectivity index (χ0v) is 12.1. The highest BCUT2D eigenvalue weighted by molar-refractivity contribution is 6.35. The monoisotopic (exact) mass is 335 g/mol. The molecule has 112 valence electrons. The van der Waals surface area contributed by atoms with Crippen LogP contribution in [0.25, 0.3) is 0 Å². The Balaban J connectivity index is 2.29. The fourth-order valence-corrected chi connectivity index (χ4v) is 2.22. The van der Waals surface area contributed by atoms with Crippen molar-refractivity contribution in [1.82, 2.24) is 0 Å². The third kappa shape index (κ3) is 3.74. The van der Waals surface area contributed by atoms with Gasteiger partial charge in [-0.25, -0.2) is 0 Å². The van der Waals surface area contributed by atoms with Gasteiger partial charge in [-0.2, -0.15) is 13.2 Å². The minimum absolute atomic E-state index is 0.00505. The van der Waals surface area contributed by atoms with E-state index in [1.807, 2.05) is 0 Å². The van der Waals surface area contributed by atoms with Crippen LogP contribution in [-0.4, -0.2) is 0 Å². The predicted octanol–water partition coefficient (Wildman–Crippen LogP) is 5.17. The largest absolute Gasteiger partial charge is 0.488 e. The lowest BCUT2D eigenvalue weighted by atomic mass is 10.1. The summed E-state index contributed by atoms with van der Waals surface area (Å²) in [6, 6.07) is 8.13. The normalized spacial score (nSPS) is 11.5. The molecular formula is C14H10Cl2F3NO. The van der Waals surface area contributed by atoms with E-state index < -0.39 is 11.7 Å². The molecule has 0 unspecified atom stereocenters. The van der Waals surface area contributed by atoms with Crippen LogP contribution in [0, 0.1) is 0 Å². The molecule has 2 N–H and O–H groups in total. The topological polar surface area (TPSA) is 35.2 Å². The van der Waals surface area contributed by atoms with E-state index in [2.05, 4.69) is 0 Å². The van der Waals surface area contributed by atoms with Gasteiger partial charge in [0.25, 0.3) is 0 Å². The summed E-state index contributed by atoms with van der Waals surface area (Å²) in [5.74, 6) is -0.326. The average Bonchev–Trinajstić information content (AvgIpc) is 2.38. The number of ether oxygens (including phenoxy) is 1. The van der Waals surface area contributed by atoms with Gasteiger partial charge in [0.2, 0.25) is 0 Å². The Morgan fingerprint density at radius 1 is 1.05 bits per heavy atom. The van der Waals surface area contributed by atoms with Crippen molar-refractivity contribution in [3.8, 4) is 5.75 Å². The number of benzene rings is 2. The highest BCUT2D eigenvalue weighted by atomic mass is 35.5. The van der Waals surface area contributed by atoms with Crippen molar-refractivity contribution in [2.45, 2.75) is 12.8 Å². The van der Waals surface area contributed by atoms with E-state index in [1.54, 1.807) is 18.2 Å². The van der Waals surface area contributed by atoms with Crippen molar-refractivity contribution in [1.29, 1.82) is 0 Å². The molecule has 0 atom stereocenters. The molecule has 0 amide bonds. The third-order valence-corrected chi connectivity index (χ3v) is 3.45. The summed E-state index contributed by atoms with van der Waals surface area (Å²) in [5, 5.41) is 0.651. The molecule has 2 aromatic carbocycles. The first kappa shape index (κ1) is 15.8. The van der Waals surface area contributed by atoms with E-state index in [1.165, 1.54) is 12.1 Å². The highest BCUT2D eigenvalue weighted by Crippen LogP contribution is 2.38. The second kappa shape index (κ2) is 6.03. The van der Waals surface area contributed by atoms with Crippen LogP contribution in [0.4, 0.5) is 18.9 Å². The van der Waals surface area contributed by atoms with Gasteiger partial charge in [0.15, 0.2) is 0 Å². The minimum atomic E-state index is -4.56. The summed E-state index contributed by atoms with van der Waals surface area (Å²) >= 11 is 11.9. The Bertz CT molecular complexity index is 639. The number of hydrogen-bond donors (Lipinski definition) is 1. The standard InChI is InChI=1S/C14H10Cl2F3NO/c15-11-2-1-3-12(16)9(11)7-21-13-5-4-8(20)6-10(13)14(17,18)19/h1-6H,7,20H2. The molecular weight excluding hydrogens is 326 g/mol. The molecule has 0 saturated heterocycles. The van der Waals surface area contributed by atoms with E-state index in [0.717, 1.165) is 6.07 Å². The Hall–Kier alpha value is -1.59. The lowest BCUT2D eigenvalue weighted by Crippen LogP contribution is -2.09. The van der Waals surface area contributed by atoms with Crippen LogP contribution in [0.5, 0.6) is 5.75 Å². The first-order chi connectivity index (χ1) is 9.79. The lowest BCUT2D eigenvalue weighted by molar-refractivity contribution is -0.139. The smallest absolute Gasteiger partial charge is 0.420 e. The fraction of sp³-hybridized carbons (Fsp3) is 0.143. The number of nitrogens with two attached hydrogens (primary N) is 1. The van der Waals surface area contributed by atoms with E-state index in [-0.39, 0.29) is 18.0 Å². The summed E-state index contributed by atoms with van der Waals surface area (Å²) in [4.78, 5) is 0. The summed E-state index contributed by atoms with van der Waals surface area (Å²) < 4.78 is 44.0. The molecule has 0 bridgehead atoms. The van der Waals surface area contributed by atoms with Crippen LogP contribution in [0.2, 0.25) is 10.0 Å². The number of alkyl halides is 3. The maximum absolute atomic E-state index is 12.9. The Kier molecular flexibility index (Phi) is 4.54. The number of anilines is 1. The molecule has 0 aliphatic heterocycles. The van der Waals surface area contributed by atoms with Crippen molar-refractivity contribution >= 4 is 28.9 Å². The summed E-state index contributed by atoms with van der Waals surface area (Å²) in [6.07, 6.45) is -4.56. The Morgan fingerprint density at radius 2 is 1.67 bits per heavy atom. The lowest BCUT2D eigenvalue weighted by Gasteiger charge is -2.15. The summed E-state index contributed by atoms with van der Waals surface area (Å²) in [5.41, 5.74) is 4.87. The van der Waals surface area contributed by atoms with Gasteiger partial charge in [0.1, 0.15) is 12.4 Å². The number of halogens is 5. The van der Waals surface area contributed by atoms with Gasteiger partial charge >= 0.3 is 6.18 Å². The molecule has 0 fully saturated rings. The SMILES string of the molecule is Nc1ccc(OCc2c(Cl)cccc2Cl)c(C(F)(F)F)c1. The van der Waals surface area contributed by atoms with Crippen molar-refractivity contribution in [2.24, 2.45) is 0 Å². The molecule has 0 aliphatic carbocycles. The third-order valence-electron chi connectivity index (χ3n) is 2.74. The van der Waals surface area contributed by atoms with Gasteiger partial charge in [0.05, 0.1) is 5.56 Å². The molecule has 21 heavy (non-hydrogen) atoms. The quantitative estimate of drug-likeness (QED) is 0.785. The molecule has 0 aliphatic rings. The molecule has 0 heterocycles. The summed E-state index contributed by atoms with van der Waals surface area (Å²) in [7, 11) is 0. The van der Waals surface area contributed by atoms with Crippen LogP contribution < -0.4 is 10.5 Å². The van der Waals surface area contributed by atoms with Crippen LogP contribution >= 0.6 is 23.2 Å². The number of nitrogen functional groups attached to an aromatic ring is 1. The van der Waals surface area contributed by atoms with Gasteiger partial charge in [-0.1, -0.05) is 29.3 Å². The maximum atomic E-state index is 12.9. The number of rotatable bonds is 3. The first-order valence-corrected chi connectivity index (χ1v) is 6.57. The van der Waals surface area contributed by atoms with Crippen molar-refractivity contribution < 1.29 is 17.9 Å². The predicted molar refractivity (Wildman–Crippen MR) is 76.7 cm³/mol. The van der Waals surface area contributed by atoms with E-state index in [4.69, 9.17) is 33.7 Å².